The lowest BCUT2D eigenvalue weighted by atomic mass is 10.3. The lowest BCUT2D eigenvalue weighted by Crippen LogP contribution is -2.43. The predicted octanol–water partition coefficient (Wildman–Crippen LogP) is 1.16. The number of nitrogens with two attached hydrogens (primary N) is 1. The minimum Gasteiger partial charge on any atom is -0.374 e. The van der Waals surface area contributed by atoms with Gasteiger partial charge in [0.05, 0.1) is 26.3 Å². The molecule has 0 aliphatic carbocycles. The molecule has 0 aliphatic heterocycles. The van der Waals surface area contributed by atoms with E-state index in [1.807, 2.05) is 18.3 Å². The van der Waals surface area contributed by atoms with Crippen LogP contribution in [0.3, 0.4) is 0 Å². The van der Waals surface area contributed by atoms with E-state index in [2.05, 4.69) is 22.0 Å². The van der Waals surface area contributed by atoms with Crippen LogP contribution in [0.15, 0.2) is 24.5 Å². The van der Waals surface area contributed by atoms with Gasteiger partial charge in [0.2, 0.25) is 6.20 Å². The first-order chi connectivity index (χ1) is 6.83. The number of ether oxygens (including phenoxy) is 1. The highest BCUT2D eigenvalue weighted by molar-refractivity contribution is 14.2. The summed E-state index contributed by atoms with van der Waals surface area (Å²) < 4.78 is 12.1. The predicted molar refractivity (Wildman–Crippen MR) is 64.7 cm³/mol. The van der Waals surface area contributed by atoms with Gasteiger partial charge in [-0.3, -0.25) is 0 Å². The van der Waals surface area contributed by atoms with E-state index in [0.717, 1.165) is 5.56 Å². The zero-order valence-electron chi connectivity index (χ0n) is 7.65. The van der Waals surface area contributed by atoms with Gasteiger partial charge in [-0.25, -0.2) is 5.84 Å². The first-order valence-corrected chi connectivity index (χ1v) is 8.15. The molecule has 0 radical (unpaired) electrons. The highest BCUT2D eigenvalue weighted by atomic mass is 127. The van der Waals surface area contributed by atoms with E-state index < -0.39 is 0 Å². The summed E-state index contributed by atoms with van der Waals surface area (Å²) in [6.45, 7) is 2.34. The Kier molecular flexibility index (Phi) is 6.34. The molecule has 0 saturated heterocycles. The number of hydrogen-bond acceptors (Lipinski definition) is 3. The Morgan fingerprint density at radius 3 is 3.07 bits per heavy atom. The van der Waals surface area contributed by atoms with Gasteiger partial charge in [-0.1, -0.05) is 4.68 Å². The standard InChI is InChI=1S/C8H13IN2O2P/c9-14-13-5-4-12-7-8-2-1-3-11(10)6-8/h1-3,6,14H,4-5,7,10H2/q+1. The SMILES string of the molecule is N[n+]1cccc(COCCOPI)c1. The van der Waals surface area contributed by atoms with Gasteiger partial charge in [0, 0.05) is 11.6 Å². The van der Waals surface area contributed by atoms with Crippen molar-refractivity contribution in [1.29, 1.82) is 0 Å². The molecule has 0 aromatic carbocycles. The molecule has 1 rings (SSSR count). The summed E-state index contributed by atoms with van der Waals surface area (Å²) in [6.07, 6.45) is 3.62. The van der Waals surface area contributed by atoms with Crippen molar-refractivity contribution in [2.45, 2.75) is 6.61 Å². The van der Waals surface area contributed by atoms with Gasteiger partial charge in [0.1, 0.15) is 0 Å². The Morgan fingerprint density at radius 1 is 1.50 bits per heavy atom. The van der Waals surface area contributed by atoms with Crippen LogP contribution in [0.5, 0.6) is 0 Å². The molecule has 0 spiro atoms. The summed E-state index contributed by atoms with van der Waals surface area (Å²) in [6, 6.07) is 3.87. The molecule has 1 aromatic heterocycles. The third-order valence-electron chi connectivity index (χ3n) is 1.54. The minimum atomic E-state index is 0.499. The average molecular weight is 327 g/mol. The van der Waals surface area contributed by atoms with Crippen molar-refractivity contribution in [3.05, 3.63) is 30.1 Å². The molecule has 78 valence electrons. The molecule has 4 nitrogen and oxygen atoms in total. The number of nitrogen functional groups attached to an aromatic ring is 1. The largest absolute Gasteiger partial charge is 0.374 e. The van der Waals surface area contributed by atoms with Crippen molar-refractivity contribution < 1.29 is 13.9 Å². The Balaban J connectivity index is 2.18. The molecule has 1 heterocycles. The van der Waals surface area contributed by atoms with Gasteiger partial charge in [-0.05, 0) is 28.1 Å². The van der Waals surface area contributed by atoms with E-state index in [1.165, 1.54) is 4.68 Å². The van der Waals surface area contributed by atoms with E-state index in [1.54, 1.807) is 6.20 Å². The topological polar surface area (TPSA) is 48.4 Å². The molecule has 0 fully saturated rings. The Labute approximate surface area is 98.1 Å². The molecule has 0 saturated carbocycles. The molecule has 6 heteroatoms. The molecule has 2 N–H and O–H groups in total. The summed E-state index contributed by atoms with van der Waals surface area (Å²) >= 11 is 2.19. The van der Waals surface area contributed by atoms with Gasteiger partial charge in [-0.2, -0.15) is 0 Å². The number of rotatable bonds is 6. The van der Waals surface area contributed by atoms with Gasteiger partial charge in [0.15, 0.2) is 6.20 Å². The second-order valence-corrected chi connectivity index (χ2v) is 4.40. The third-order valence-corrected chi connectivity index (χ3v) is 2.78. The Morgan fingerprint density at radius 2 is 2.36 bits per heavy atom. The van der Waals surface area contributed by atoms with Crippen molar-refractivity contribution in [3.63, 3.8) is 0 Å². The molecular formula is C8H13IN2O2P+. The monoisotopic (exact) mass is 327 g/mol. The minimum absolute atomic E-state index is 0.499. The number of aromatic nitrogens is 1. The van der Waals surface area contributed by atoms with E-state index in [9.17, 15) is 0 Å². The first-order valence-electron chi connectivity index (χ1n) is 4.13. The second kappa shape index (κ2) is 7.34. The summed E-state index contributed by atoms with van der Waals surface area (Å²) in [5.41, 5.74) is 1.06. The van der Waals surface area contributed by atoms with E-state index in [4.69, 9.17) is 15.1 Å². The third kappa shape index (κ3) is 5.05. The summed E-state index contributed by atoms with van der Waals surface area (Å²) in [4.78, 5) is 0. The molecule has 1 unspecified atom stereocenters. The molecule has 14 heavy (non-hydrogen) atoms. The van der Waals surface area contributed by atoms with Crippen molar-refractivity contribution in [2.75, 3.05) is 19.1 Å². The number of nitrogens with zero attached hydrogens (tertiary/aromatic N) is 1. The fraction of sp³-hybridized carbons (Fsp3) is 0.375. The maximum Gasteiger partial charge on any atom is 0.204 e. The van der Waals surface area contributed by atoms with Crippen LogP contribution in [-0.2, 0) is 15.9 Å². The highest BCUT2D eigenvalue weighted by Gasteiger charge is 1.98. The van der Waals surface area contributed by atoms with Crippen molar-refractivity contribution in [2.24, 2.45) is 0 Å². The zero-order chi connectivity index (χ0) is 10.2. The van der Waals surface area contributed by atoms with Crippen molar-refractivity contribution in [3.8, 4) is 0 Å². The summed E-state index contributed by atoms with van der Waals surface area (Å²) in [5, 5.41) is 0. The van der Waals surface area contributed by atoms with E-state index in [-0.39, 0.29) is 0 Å². The van der Waals surface area contributed by atoms with E-state index >= 15 is 0 Å². The van der Waals surface area contributed by atoms with Crippen molar-refractivity contribution in [1.82, 2.24) is 0 Å². The lowest BCUT2D eigenvalue weighted by molar-refractivity contribution is -0.639. The molecule has 1 atom stereocenters. The fourth-order valence-corrected chi connectivity index (χ4v) is 1.78. The normalized spacial score (nSPS) is 11.2. The quantitative estimate of drug-likeness (QED) is 0.281. The van der Waals surface area contributed by atoms with Gasteiger partial charge in [-0.15, -0.1) is 0 Å². The van der Waals surface area contributed by atoms with Crippen LogP contribution >= 0.6 is 28.5 Å². The summed E-state index contributed by atoms with van der Waals surface area (Å²) in [7, 11) is 0. The second-order valence-electron chi connectivity index (χ2n) is 2.64. The van der Waals surface area contributed by atoms with Crippen LogP contribution in [0.25, 0.3) is 0 Å². The van der Waals surface area contributed by atoms with Crippen LogP contribution in [0.1, 0.15) is 5.56 Å². The number of hydrogen-bond donors (Lipinski definition) is 1. The highest BCUT2D eigenvalue weighted by Crippen LogP contribution is 2.20. The smallest absolute Gasteiger partial charge is 0.204 e. The fourth-order valence-electron chi connectivity index (χ4n) is 0.958. The van der Waals surface area contributed by atoms with Gasteiger partial charge < -0.3 is 9.26 Å². The lowest BCUT2D eigenvalue weighted by Gasteiger charge is -2.02. The molecule has 0 bridgehead atoms. The zero-order valence-corrected chi connectivity index (χ0v) is 10.8. The van der Waals surface area contributed by atoms with Crippen LogP contribution in [0.2, 0.25) is 0 Å². The van der Waals surface area contributed by atoms with Crippen LogP contribution < -0.4 is 10.5 Å². The number of halogens is 1. The Bertz CT molecular complexity index is 275. The van der Waals surface area contributed by atoms with E-state index in [0.29, 0.717) is 26.3 Å². The Hall–Kier alpha value is 0.0300. The average Bonchev–Trinajstić information content (AvgIpc) is 2.18. The molecule has 1 aromatic rings. The maximum atomic E-state index is 5.55. The van der Waals surface area contributed by atoms with Gasteiger partial charge in [0.25, 0.3) is 0 Å². The molecule has 0 amide bonds. The van der Waals surface area contributed by atoms with Crippen LogP contribution in [0, 0.1) is 0 Å². The molecular weight excluding hydrogens is 314 g/mol. The number of pyridine rings is 1. The van der Waals surface area contributed by atoms with Crippen LogP contribution in [-0.4, -0.2) is 13.2 Å². The first kappa shape index (κ1) is 12.1. The maximum absolute atomic E-state index is 5.55. The summed E-state index contributed by atoms with van der Waals surface area (Å²) in [5.74, 6) is 5.55. The van der Waals surface area contributed by atoms with Crippen molar-refractivity contribution >= 4 is 28.5 Å². The van der Waals surface area contributed by atoms with Crippen LogP contribution in [0.4, 0.5) is 0 Å². The van der Waals surface area contributed by atoms with Gasteiger partial charge >= 0.3 is 0 Å². The molecule has 0 aliphatic rings.